The summed E-state index contributed by atoms with van der Waals surface area (Å²) in [7, 11) is 0. The monoisotopic (exact) mass is 407 g/mol. The Labute approximate surface area is 173 Å². The van der Waals surface area contributed by atoms with Crippen LogP contribution < -0.4 is 10.1 Å². The number of anilines is 1. The zero-order chi connectivity index (χ0) is 20.4. The average molecular weight is 408 g/mol. The zero-order valence-electron chi connectivity index (χ0n) is 15.6. The molecular formula is C23H18ClNO4. The Morgan fingerprint density at radius 3 is 2.21 bits per heavy atom. The lowest BCUT2D eigenvalue weighted by Crippen LogP contribution is -2.32. The number of halogens is 1. The number of amides is 1. The summed E-state index contributed by atoms with van der Waals surface area (Å²) in [5.41, 5.74) is 1.95. The lowest BCUT2D eigenvalue weighted by molar-refractivity contribution is -0.153. The molecule has 0 aromatic heterocycles. The van der Waals surface area contributed by atoms with Gasteiger partial charge in [0.25, 0.3) is 5.91 Å². The molecule has 0 spiro atoms. The van der Waals surface area contributed by atoms with Crippen molar-refractivity contribution in [1.29, 1.82) is 0 Å². The maximum atomic E-state index is 13.1. The molecular weight excluding hydrogens is 390 g/mol. The van der Waals surface area contributed by atoms with E-state index in [1.807, 2.05) is 36.4 Å². The first-order chi connectivity index (χ1) is 14.0. The number of hydrogen-bond acceptors (Lipinski definition) is 4. The highest BCUT2D eigenvalue weighted by atomic mass is 35.5. The van der Waals surface area contributed by atoms with Crippen molar-refractivity contribution in [2.24, 2.45) is 0 Å². The third-order valence-electron chi connectivity index (χ3n) is 4.67. The van der Waals surface area contributed by atoms with E-state index in [4.69, 9.17) is 21.1 Å². The van der Waals surface area contributed by atoms with Crippen molar-refractivity contribution in [3.8, 4) is 11.5 Å². The van der Waals surface area contributed by atoms with Gasteiger partial charge in [-0.2, -0.15) is 0 Å². The number of ether oxygens (including phenoxy) is 2. The Balaban J connectivity index is 1.54. The van der Waals surface area contributed by atoms with Crippen LogP contribution in [-0.2, 0) is 14.3 Å². The molecule has 1 atom stereocenters. The second kappa shape index (κ2) is 7.97. The maximum Gasteiger partial charge on any atom is 0.318 e. The first kappa shape index (κ1) is 19.0. The minimum Gasteiger partial charge on any atom is -0.457 e. The highest BCUT2D eigenvalue weighted by molar-refractivity contribution is 6.30. The van der Waals surface area contributed by atoms with Crippen LogP contribution in [0.4, 0.5) is 5.69 Å². The van der Waals surface area contributed by atoms with Crippen molar-refractivity contribution in [1.82, 2.24) is 0 Å². The van der Waals surface area contributed by atoms with Crippen LogP contribution in [0.25, 0.3) is 0 Å². The molecule has 6 heteroatoms. The molecule has 1 aliphatic rings. The van der Waals surface area contributed by atoms with E-state index in [1.165, 1.54) is 6.92 Å². The second-order valence-electron chi connectivity index (χ2n) is 6.69. The summed E-state index contributed by atoms with van der Waals surface area (Å²) in [6.45, 7) is 1.54. The fourth-order valence-electron chi connectivity index (χ4n) is 3.27. The molecule has 0 aliphatic carbocycles. The van der Waals surface area contributed by atoms with Crippen LogP contribution in [0.2, 0.25) is 5.02 Å². The summed E-state index contributed by atoms with van der Waals surface area (Å²) in [5.74, 6) is -0.415. The smallest absolute Gasteiger partial charge is 0.318 e. The Morgan fingerprint density at radius 1 is 0.966 bits per heavy atom. The van der Waals surface area contributed by atoms with Gasteiger partial charge < -0.3 is 14.8 Å². The lowest BCUT2D eigenvalue weighted by atomic mass is 9.88. The van der Waals surface area contributed by atoms with E-state index >= 15 is 0 Å². The number of nitrogens with one attached hydrogen (secondary N) is 1. The van der Waals surface area contributed by atoms with Crippen LogP contribution in [0.3, 0.4) is 0 Å². The third-order valence-corrected chi connectivity index (χ3v) is 4.91. The van der Waals surface area contributed by atoms with Gasteiger partial charge in [0.05, 0.1) is 0 Å². The van der Waals surface area contributed by atoms with E-state index in [1.54, 1.807) is 36.4 Å². The van der Waals surface area contributed by atoms with Crippen molar-refractivity contribution in [2.45, 2.75) is 18.9 Å². The zero-order valence-corrected chi connectivity index (χ0v) is 16.3. The molecule has 0 bridgehead atoms. The predicted molar refractivity (Wildman–Crippen MR) is 110 cm³/mol. The van der Waals surface area contributed by atoms with Crippen molar-refractivity contribution >= 4 is 29.2 Å². The number of esters is 1. The first-order valence-corrected chi connectivity index (χ1v) is 9.53. The molecule has 0 radical (unpaired) electrons. The van der Waals surface area contributed by atoms with Crippen LogP contribution in [-0.4, -0.2) is 18.0 Å². The van der Waals surface area contributed by atoms with Crippen LogP contribution in [0.15, 0.2) is 72.8 Å². The van der Waals surface area contributed by atoms with Crippen LogP contribution in [0.1, 0.15) is 24.0 Å². The van der Waals surface area contributed by atoms with Crippen LogP contribution in [0.5, 0.6) is 11.5 Å². The number of fused-ring (bicyclic) bond motifs is 2. The summed E-state index contributed by atoms with van der Waals surface area (Å²) < 4.78 is 11.4. The molecule has 0 saturated heterocycles. The summed E-state index contributed by atoms with van der Waals surface area (Å²) in [4.78, 5) is 25.5. The minimum atomic E-state index is -0.983. The van der Waals surface area contributed by atoms with Gasteiger partial charge >= 0.3 is 5.97 Å². The second-order valence-corrected chi connectivity index (χ2v) is 7.13. The fraction of sp³-hybridized carbons (Fsp3) is 0.130. The van der Waals surface area contributed by atoms with E-state index in [0.29, 0.717) is 33.3 Å². The Morgan fingerprint density at radius 2 is 1.59 bits per heavy atom. The lowest BCUT2D eigenvalue weighted by Gasteiger charge is -2.27. The molecule has 1 amide bonds. The highest BCUT2D eigenvalue weighted by Crippen LogP contribution is 2.44. The van der Waals surface area contributed by atoms with Crippen LogP contribution >= 0.6 is 11.6 Å². The summed E-state index contributed by atoms with van der Waals surface area (Å²) in [6, 6.07) is 21.4. The summed E-state index contributed by atoms with van der Waals surface area (Å²) in [5, 5.41) is 3.21. The molecule has 5 nitrogen and oxygen atoms in total. The van der Waals surface area contributed by atoms with Crippen molar-refractivity contribution in [3.05, 3.63) is 88.9 Å². The highest BCUT2D eigenvalue weighted by Gasteiger charge is 2.35. The topological polar surface area (TPSA) is 64.6 Å². The van der Waals surface area contributed by atoms with Gasteiger partial charge in [-0.1, -0.05) is 54.1 Å². The van der Waals surface area contributed by atoms with Gasteiger partial charge in [-0.15, -0.1) is 0 Å². The normalized spacial score (nSPS) is 13.4. The maximum absolute atomic E-state index is 13.1. The predicted octanol–water partition coefficient (Wildman–Crippen LogP) is 5.15. The molecule has 29 heavy (non-hydrogen) atoms. The van der Waals surface area contributed by atoms with Crippen molar-refractivity contribution < 1.29 is 19.1 Å². The number of para-hydroxylation sites is 2. The molecule has 0 saturated carbocycles. The largest absolute Gasteiger partial charge is 0.457 e. The molecule has 0 unspecified atom stereocenters. The number of hydrogen-bond donors (Lipinski definition) is 1. The molecule has 0 fully saturated rings. The van der Waals surface area contributed by atoms with Gasteiger partial charge in [0.2, 0.25) is 0 Å². The molecule has 3 aromatic rings. The number of carbonyl (C=O) groups is 2. The minimum absolute atomic E-state index is 0.436. The Hall–Kier alpha value is -3.31. The molecule has 1 aliphatic heterocycles. The van der Waals surface area contributed by atoms with Gasteiger partial charge in [-0.05, 0) is 37.3 Å². The Bertz CT molecular complexity index is 1040. The molecule has 1 heterocycles. The average Bonchev–Trinajstić information content (AvgIpc) is 2.71. The van der Waals surface area contributed by atoms with E-state index in [0.717, 1.165) is 0 Å². The van der Waals surface area contributed by atoms with E-state index in [-0.39, 0.29) is 0 Å². The van der Waals surface area contributed by atoms with Gasteiger partial charge in [0.15, 0.2) is 6.10 Å². The van der Waals surface area contributed by atoms with Gasteiger partial charge in [0, 0.05) is 21.8 Å². The van der Waals surface area contributed by atoms with Gasteiger partial charge in [-0.3, -0.25) is 9.59 Å². The molecule has 1 N–H and O–H groups in total. The van der Waals surface area contributed by atoms with Gasteiger partial charge in [-0.25, -0.2) is 0 Å². The van der Waals surface area contributed by atoms with Crippen LogP contribution in [0, 0.1) is 0 Å². The standard InChI is InChI=1S/C23H18ClNO4/c1-14(22(26)25-16-8-6-7-15(24)13-16)28-23(27)21-17-9-2-4-11-19(17)29-20-12-5-3-10-18(20)21/h2-14,21H,1H3,(H,25,26)/t14-/m1/s1. The van der Waals surface area contributed by atoms with Gasteiger partial charge in [0.1, 0.15) is 17.4 Å². The van der Waals surface area contributed by atoms with E-state index in [9.17, 15) is 9.59 Å². The fourth-order valence-corrected chi connectivity index (χ4v) is 3.46. The number of rotatable bonds is 4. The van der Waals surface area contributed by atoms with Crippen molar-refractivity contribution in [2.75, 3.05) is 5.32 Å². The van der Waals surface area contributed by atoms with Crippen molar-refractivity contribution in [3.63, 3.8) is 0 Å². The Kier molecular flexibility index (Phi) is 5.23. The van der Waals surface area contributed by atoms with E-state index < -0.39 is 23.9 Å². The number of carbonyl (C=O) groups excluding carboxylic acids is 2. The SMILES string of the molecule is C[C@@H](OC(=O)C1c2ccccc2Oc2ccccc21)C(=O)Nc1cccc(Cl)c1. The third kappa shape index (κ3) is 3.96. The summed E-state index contributed by atoms with van der Waals surface area (Å²) in [6.07, 6.45) is -0.983. The summed E-state index contributed by atoms with van der Waals surface area (Å²) >= 11 is 5.94. The number of benzene rings is 3. The molecule has 146 valence electrons. The first-order valence-electron chi connectivity index (χ1n) is 9.15. The van der Waals surface area contributed by atoms with E-state index in [2.05, 4.69) is 5.32 Å². The molecule has 3 aromatic carbocycles. The molecule has 4 rings (SSSR count). The quantitative estimate of drug-likeness (QED) is 0.607.